The van der Waals surface area contributed by atoms with Gasteiger partial charge in [0.1, 0.15) is 0 Å². The second-order valence-corrected chi connectivity index (χ2v) is 4.02. The van der Waals surface area contributed by atoms with E-state index >= 15 is 0 Å². The monoisotopic (exact) mass is 363 g/mol. The standard InChI is InChI=1S/C8H5F3INO4/c9-8(10,11)17-7-5(14)1-3(12)4(13-7)2-6(15)16/h1,14H,2H2,(H,15,16). The predicted octanol–water partition coefficient (Wildman–Crippen LogP) is 1.92. The number of halogens is 4. The molecule has 1 aromatic rings. The Morgan fingerprint density at radius 2 is 2.12 bits per heavy atom. The lowest BCUT2D eigenvalue weighted by Crippen LogP contribution is -2.19. The smallest absolute Gasteiger partial charge is 0.503 e. The van der Waals surface area contributed by atoms with E-state index in [0.717, 1.165) is 6.07 Å². The lowest BCUT2D eigenvalue weighted by atomic mass is 10.2. The molecule has 9 heteroatoms. The maximum atomic E-state index is 11.9. The van der Waals surface area contributed by atoms with E-state index in [1.165, 1.54) is 0 Å². The molecule has 0 fully saturated rings. The van der Waals surface area contributed by atoms with Crippen LogP contribution in [0.2, 0.25) is 0 Å². The van der Waals surface area contributed by atoms with Crippen molar-refractivity contribution in [2.24, 2.45) is 0 Å². The minimum atomic E-state index is -5.00. The van der Waals surface area contributed by atoms with Crippen LogP contribution in [0.5, 0.6) is 11.6 Å². The van der Waals surface area contributed by atoms with Gasteiger partial charge in [0.05, 0.1) is 12.1 Å². The second kappa shape index (κ2) is 4.94. The van der Waals surface area contributed by atoms with Crippen molar-refractivity contribution in [3.63, 3.8) is 0 Å². The molecule has 0 amide bonds. The summed E-state index contributed by atoms with van der Waals surface area (Å²) in [6.07, 6.45) is -5.56. The van der Waals surface area contributed by atoms with Crippen molar-refractivity contribution in [3.05, 3.63) is 15.3 Å². The third-order valence-electron chi connectivity index (χ3n) is 1.53. The number of pyridine rings is 1. The normalized spacial score (nSPS) is 11.3. The van der Waals surface area contributed by atoms with Gasteiger partial charge in [-0.1, -0.05) is 0 Å². The summed E-state index contributed by atoms with van der Waals surface area (Å²) < 4.78 is 39.5. The molecule has 0 unspecified atom stereocenters. The number of ether oxygens (including phenoxy) is 1. The minimum Gasteiger partial charge on any atom is -0.503 e. The number of alkyl halides is 3. The van der Waals surface area contributed by atoms with E-state index in [1.54, 1.807) is 22.6 Å². The summed E-state index contributed by atoms with van der Waals surface area (Å²) in [7, 11) is 0. The van der Waals surface area contributed by atoms with Crippen molar-refractivity contribution < 1.29 is 32.9 Å². The molecule has 0 spiro atoms. The van der Waals surface area contributed by atoms with Crippen LogP contribution in [0.4, 0.5) is 13.2 Å². The van der Waals surface area contributed by atoms with E-state index in [-0.39, 0.29) is 9.26 Å². The first-order valence-electron chi connectivity index (χ1n) is 4.05. The third-order valence-corrected chi connectivity index (χ3v) is 2.46. The average molecular weight is 363 g/mol. The number of carboxylic acids is 1. The number of aliphatic carboxylic acids is 1. The SMILES string of the molecule is O=C(O)Cc1nc(OC(F)(F)F)c(O)cc1I. The van der Waals surface area contributed by atoms with Crippen LogP contribution in [0.1, 0.15) is 5.69 Å². The average Bonchev–Trinajstić information content (AvgIpc) is 2.10. The van der Waals surface area contributed by atoms with Gasteiger partial charge in [-0.2, -0.15) is 0 Å². The van der Waals surface area contributed by atoms with Gasteiger partial charge in [0.25, 0.3) is 5.88 Å². The summed E-state index contributed by atoms with van der Waals surface area (Å²) in [4.78, 5) is 13.8. The molecule has 0 saturated carbocycles. The van der Waals surface area contributed by atoms with Crippen molar-refractivity contribution >= 4 is 28.6 Å². The van der Waals surface area contributed by atoms with Gasteiger partial charge in [-0.25, -0.2) is 4.98 Å². The maximum absolute atomic E-state index is 11.9. The van der Waals surface area contributed by atoms with E-state index in [2.05, 4.69) is 9.72 Å². The van der Waals surface area contributed by atoms with Crippen LogP contribution in [0.25, 0.3) is 0 Å². The minimum absolute atomic E-state index is 0.116. The van der Waals surface area contributed by atoms with Crippen molar-refractivity contribution in [2.45, 2.75) is 12.8 Å². The van der Waals surface area contributed by atoms with Crippen LogP contribution < -0.4 is 4.74 Å². The van der Waals surface area contributed by atoms with Gasteiger partial charge < -0.3 is 14.9 Å². The van der Waals surface area contributed by atoms with Crippen LogP contribution in [-0.2, 0) is 11.2 Å². The van der Waals surface area contributed by atoms with E-state index in [0.29, 0.717) is 0 Å². The van der Waals surface area contributed by atoms with E-state index in [9.17, 15) is 23.1 Å². The van der Waals surface area contributed by atoms with Gasteiger partial charge in [-0.15, -0.1) is 13.2 Å². The first-order valence-corrected chi connectivity index (χ1v) is 5.13. The molecule has 17 heavy (non-hydrogen) atoms. The lowest BCUT2D eigenvalue weighted by Gasteiger charge is -2.11. The molecule has 1 heterocycles. The summed E-state index contributed by atoms with van der Waals surface area (Å²) in [6, 6.07) is 0.951. The summed E-state index contributed by atoms with van der Waals surface area (Å²) in [5, 5.41) is 17.7. The molecule has 2 N–H and O–H groups in total. The molecule has 0 radical (unpaired) electrons. The first-order chi connectivity index (χ1) is 7.69. The van der Waals surface area contributed by atoms with Crippen LogP contribution in [0, 0.1) is 3.57 Å². The maximum Gasteiger partial charge on any atom is 0.574 e. The first kappa shape index (κ1) is 13.8. The van der Waals surface area contributed by atoms with E-state index in [1.807, 2.05) is 0 Å². The van der Waals surface area contributed by atoms with Gasteiger partial charge in [0.2, 0.25) is 0 Å². The number of aromatic nitrogens is 1. The van der Waals surface area contributed by atoms with Gasteiger partial charge in [-0.3, -0.25) is 4.79 Å². The Hall–Kier alpha value is -1.26. The second-order valence-electron chi connectivity index (χ2n) is 2.86. The zero-order chi connectivity index (χ0) is 13.2. The van der Waals surface area contributed by atoms with E-state index < -0.39 is 30.4 Å². The highest BCUT2D eigenvalue weighted by molar-refractivity contribution is 14.1. The zero-order valence-electron chi connectivity index (χ0n) is 7.95. The van der Waals surface area contributed by atoms with Gasteiger partial charge in [0, 0.05) is 9.64 Å². The largest absolute Gasteiger partial charge is 0.574 e. The molecule has 0 aliphatic carbocycles. The molecule has 0 aromatic carbocycles. The van der Waals surface area contributed by atoms with E-state index in [4.69, 9.17) is 5.11 Å². The molecule has 1 rings (SSSR count). The Morgan fingerprint density at radius 1 is 1.53 bits per heavy atom. The third kappa shape index (κ3) is 4.24. The molecular formula is C8H5F3INO4. The van der Waals surface area contributed by atoms with Crippen LogP contribution >= 0.6 is 22.6 Å². The number of aromatic hydroxyl groups is 1. The highest BCUT2D eigenvalue weighted by Crippen LogP contribution is 2.31. The fraction of sp³-hybridized carbons (Fsp3) is 0.250. The Balaban J connectivity index is 3.10. The molecule has 5 nitrogen and oxygen atoms in total. The number of hydrogen-bond acceptors (Lipinski definition) is 4. The van der Waals surface area contributed by atoms with Crippen molar-refractivity contribution in [1.29, 1.82) is 0 Å². The molecule has 0 aliphatic heterocycles. The van der Waals surface area contributed by atoms with Crippen LogP contribution in [0.3, 0.4) is 0 Å². The number of hydrogen-bond donors (Lipinski definition) is 2. The molecule has 0 bridgehead atoms. The summed E-state index contributed by atoms with van der Waals surface area (Å²) in [6.45, 7) is 0. The van der Waals surface area contributed by atoms with Crippen molar-refractivity contribution in [1.82, 2.24) is 4.98 Å². The predicted molar refractivity (Wildman–Crippen MR) is 56.6 cm³/mol. The fourth-order valence-corrected chi connectivity index (χ4v) is 1.56. The molecular weight excluding hydrogens is 358 g/mol. The Kier molecular flexibility index (Phi) is 4.01. The summed E-state index contributed by atoms with van der Waals surface area (Å²) >= 11 is 1.65. The molecule has 1 aromatic heterocycles. The highest BCUT2D eigenvalue weighted by atomic mass is 127. The van der Waals surface area contributed by atoms with Gasteiger partial charge in [-0.05, 0) is 22.6 Å². The fourth-order valence-electron chi connectivity index (χ4n) is 0.950. The summed E-state index contributed by atoms with van der Waals surface area (Å²) in [5.74, 6) is -3.12. The number of carbonyl (C=O) groups is 1. The number of carboxylic acid groups (broad SMARTS) is 1. The van der Waals surface area contributed by atoms with Crippen LogP contribution in [0.15, 0.2) is 6.07 Å². The number of nitrogens with zero attached hydrogens (tertiary/aromatic N) is 1. The molecule has 0 saturated heterocycles. The highest BCUT2D eigenvalue weighted by Gasteiger charge is 2.33. The molecule has 94 valence electrons. The Labute approximate surface area is 106 Å². The van der Waals surface area contributed by atoms with Crippen molar-refractivity contribution in [2.75, 3.05) is 0 Å². The van der Waals surface area contributed by atoms with Crippen molar-refractivity contribution in [3.8, 4) is 11.6 Å². The Bertz CT molecular complexity index is 449. The number of rotatable bonds is 3. The zero-order valence-corrected chi connectivity index (χ0v) is 10.1. The van der Waals surface area contributed by atoms with Gasteiger partial charge in [0.15, 0.2) is 5.75 Å². The Morgan fingerprint density at radius 3 is 2.59 bits per heavy atom. The molecule has 0 aliphatic rings. The quantitative estimate of drug-likeness (QED) is 0.803. The summed E-state index contributed by atoms with van der Waals surface area (Å²) in [5.41, 5.74) is -0.116. The van der Waals surface area contributed by atoms with Gasteiger partial charge >= 0.3 is 12.3 Å². The van der Waals surface area contributed by atoms with Crippen LogP contribution in [-0.4, -0.2) is 27.5 Å². The lowest BCUT2D eigenvalue weighted by molar-refractivity contribution is -0.276. The molecule has 0 atom stereocenters. The topological polar surface area (TPSA) is 79.7 Å².